The van der Waals surface area contributed by atoms with Crippen LogP contribution in [0.3, 0.4) is 0 Å². The van der Waals surface area contributed by atoms with Crippen LogP contribution in [0.5, 0.6) is 0 Å². The summed E-state index contributed by atoms with van der Waals surface area (Å²) >= 11 is 7.50. The van der Waals surface area contributed by atoms with Crippen LogP contribution in [0.2, 0.25) is 5.02 Å². The van der Waals surface area contributed by atoms with Gasteiger partial charge in [-0.3, -0.25) is 10.1 Å². The monoisotopic (exact) mass is 283 g/mol. The number of nitro groups is 1. The molecule has 1 aromatic carbocycles. The van der Waals surface area contributed by atoms with Crippen LogP contribution < -0.4 is 5.32 Å². The maximum Gasteiger partial charge on any atom is 0.271 e. The summed E-state index contributed by atoms with van der Waals surface area (Å²) in [5.74, 6) is 0. The fourth-order valence-corrected chi connectivity index (χ4v) is 2.31. The average Bonchev–Trinajstić information content (AvgIpc) is 2.74. The number of nitrogens with one attached hydrogen (secondary N) is 1. The van der Waals surface area contributed by atoms with Gasteiger partial charge in [-0.25, -0.2) is 4.98 Å². The van der Waals surface area contributed by atoms with Gasteiger partial charge in [0, 0.05) is 23.2 Å². The van der Waals surface area contributed by atoms with Crippen LogP contribution in [0.25, 0.3) is 0 Å². The third kappa shape index (κ3) is 2.96. The van der Waals surface area contributed by atoms with Crippen molar-refractivity contribution >= 4 is 34.3 Å². The first-order chi connectivity index (χ1) is 8.56. The molecule has 0 amide bonds. The van der Waals surface area contributed by atoms with Crippen molar-refractivity contribution in [3.8, 4) is 0 Å². The number of benzene rings is 1. The Bertz CT molecular complexity index is 585. The number of hydrogen-bond donors (Lipinski definition) is 1. The van der Waals surface area contributed by atoms with Gasteiger partial charge in [0.25, 0.3) is 5.69 Å². The molecule has 0 aliphatic heterocycles. The molecule has 0 saturated carbocycles. The third-order valence-electron chi connectivity index (χ3n) is 2.26. The number of nitro benzene ring substituents is 1. The highest BCUT2D eigenvalue weighted by molar-refractivity contribution is 7.09. The summed E-state index contributed by atoms with van der Waals surface area (Å²) in [4.78, 5) is 14.5. The first-order valence-corrected chi connectivity index (χ1v) is 6.41. The fraction of sp³-hybridized carbons (Fsp3) is 0.182. The van der Waals surface area contributed by atoms with Crippen molar-refractivity contribution in [2.75, 3.05) is 5.32 Å². The van der Waals surface area contributed by atoms with E-state index in [0.29, 0.717) is 17.3 Å². The number of thiazole rings is 1. The molecule has 0 aliphatic carbocycles. The van der Waals surface area contributed by atoms with Gasteiger partial charge in [0.15, 0.2) is 0 Å². The molecule has 0 aliphatic rings. The van der Waals surface area contributed by atoms with E-state index in [-0.39, 0.29) is 5.69 Å². The Hall–Kier alpha value is -1.66. The molecule has 1 heterocycles. The zero-order chi connectivity index (χ0) is 13.1. The summed E-state index contributed by atoms with van der Waals surface area (Å²) in [5.41, 5.74) is 1.51. The lowest BCUT2D eigenvalue weighted by atomic mass is 10.3. The number of hydrogen-bond acceptors (Lipinski definition) is 5. The van der Waals surface area contributed by atoms with Crippen molar-refractivity contribution in [2.45, 2.75) is 13.5 Å². The van der Waals surface area contributed by atoms with E-state index >= 15 is 0 Å². The minimum atomic E-state index is -0.449. The topological polar surface area (TPSA) is 68.1 Å². The van der Waals surface area contributed by atoms with Gasteiger partial charge in [0.05, 0.1) is 22.2 Å². The number of halogens is 1. The lowest BCUT2D eigenvalue weighted by molar-refractivity contribution is -0.384. The minimum Gasteiger partial charge on any atom is -0.377 e. The Kier molecular flexibility index (Phi) is 3.78. The molecule has 0 spiro atoms. The van der Waals surface area contributed by atoms with E-state index in [1.165, 1.54) is 29.5 Å². The molecule has 0 unspecified atom stereocenters. The highest BCUT2D eigenvalue weighted by Gasteiger charge is 2.09. The second kappa shape index (κ2) is 5.32. The molecule has 0 fully saturated rings. The predicted octanol–water partition coefficient (Wildman–Crippen LogP) is 3.63. The molecular weight excluding hydrogens is 274 g/mol. The zero-order valence-electron chi connectivity index (χ0n) is 9.51. The van der Waals surface area contributed by atoms with E-state index in [1.54, 1.807) is 0 Å². The van der Waals surface area contributed by atoms with Crippen molar-refractivity contribution in [1.29, 1.82) is 0 Å². The van der Waals surface area contributed by atoms with Crippen LogP contribution in [0, 0.1) is 17.0 Å². The van der Waals surface area contributed by atoms with Crippen LogP contribution in [0.1, 0.15) is 10.7 Å². The van der Waals surface area contributed by atoms with Gasteiger partial charge >= 0.3 is 0 Å². The first kappa shape index (κ1) is 12.8. The van der Waals surface area contributed by atoms with Gasteiger partial charge in [-0.2, -0.15) is 0 Å². The molecular formula is C11H10ClN3O2S. The average molecular weight is 284 g/mol. The maximum absolute atomic E-state index is 10.7. The summed E-state index contributed by atoms with van der Waals surface area (Å²) in [6, 6.07) is 4.30. The van der Waals surface area contributed by atoms with Crippen LogP contribution in [-0.4, -0.2) is 9.91 Å². The van der Waals surface area contributed by atoms with E-state index in [2.05, 4.69) is 10.3 Å². The predicted molar refractivity (Wildman–Crippen MR) is 72.3 cm³/mol. The molecule has 2 aromatic rings. The van der Waals surface area contributed by atoms with Crippen LogP contribution in [-0.2, 0) is 6.54 Å². The standard InChI is InChI=1S/C11H10ClN3O2S/c1-7-6-18-11(14-7)5-13-10-4-8(15(16)17)2-3-9(10)12/h2-4,6,13H,5H2,1H3. The summed E-state index contributed by atoms with van der Waals surface area (Å²) in [6.07, 6.45) is 0. The Morgan fingerprint density at radius 3 is 2.94 bits per heavy atom. The Balaban J connectivity index is 2.13. The normalized spacial score (nSPS) is 10.3. The van der Waals surface area contributed by atoms with Crippen LogP contribution in [0.4, 0.5) is 11.4 Å². The Morgan fingerprint density at radius 2 is 2.33 bits per heavy atom. The van der Waals surface area contributed by atoms with Gasteiger partial charge in [-0.1, -0.05) is 11.6 Å². The first-order valence-electron chi connectivity index (χ1n) is 5.15. The number of anilines is 1. The number of non-ortho nitro benzene ring substituents is 1. The van der Waals surface area contributed by atoms with Gasteiger partial charge in [0.1, 0.15) is 5.01 Å². The quantitative estimate of drug-likeness (QED) is 0.687. The van der Waals surface area contributed by atoms with Gasteiger partial charge in [-0.05, 0) is 13.0 Å². The summed E-state index contributed by atoms with van der Waals surface area (Å²) in [6.45, 7) is 2.42. The lowest BCUT2D eigenvalue weighted by Crippen LogP contribution is -2.00. The van der Waals surface area contributed by atoms with Crippen molar-refractivity contribution in [1.82, 2.24) is 4.98 Å². The lowest BCUT2D eigenvalue weighted by Gasteiger charge is -2.06. The number of aromatic nitrogens is 1. The molecule has 0 bridgehead atoms. The molecule has 7 heteroatoms. The molecule has 0 radical (unpaired) electrons. The molecule has 18 heavy (non-hydrogen) atoms. The molecule has 94 valence electrons. The highest BCUT2D eigenvalue weighted by atomic mass is 35.5. The van der Waals surface area contributed by atoms with Crippen LogP contribution in [0.15, 0.2) is 23.6 Å². The molecule has 0 atom stereocenters. The molecule has 2 rings (SSSR count). The van der Waals surface area contributed by atoms with Crippen molar-refractivity contribution in [3.63, 3.8) is 0 Å². The van der Waals surface area contributed by atoms with E-state index < -0.39 is 4.92 Å². The largest absolute Gasteiger partial charge is 0.377 e. The van der Waals surface area contributed by atoms with E-state index in [1.807, 2.05) is 12.3 Å². The number of aryl methyl sites for hydroxylation is 1. The van der Waals surface area contributed by atoms with Crippen molar-refractivity contribution < 1.29 is 4.92 Å². The number of rotatable bonds is 4. The molecule has 5 nitrogen and oxygen atoms in total. The third-order valence-corrected chi connectivity index (χ3v) is 3.55. The van der Waals surface area contributed by atoms with Crippen molar-refractivity contribution in [3.05, 3.63) is 49.4 Å². The minimum absolute atomic E-state index is 0.0113. The molecule has 1 aromatic heterocycles. The van der Waals surface area contributed by atoms with E-state index in [9.17, 15) is 10.1 Å². The number of nitrogens with zero attached hydrogens (tertiary/aromatic N) is 2. The second-order valence-electron chi connectivity index (χ2n) is 3.66. The van der Waals surface area contributed by atoms with E-state index in [0.717, 1.165) is 10.7 Å². The molecule has 1 N–H and O–H groups in total. The SMILES string of the molecule is Cc1csc(CNc2cc([N+](=O)[O-])ccc2Cl)n1. The molecule has 0 saturated heterocycles. The summed E-state index contributed by atoms with van der Waals surface area (Å²) < 4.78 is 0. The Morgan fingerprint density at radius 1 is 1.56 bits per heavy atom. The smallest absolute Gasteiger partial charge is 0.271 e. The van der Waals surface area contributed by atoms with E-state index in [4.69, 9.17) is 11.6 Å². The fourth-order valence-electron chi connectivity index (χ4n) is 1.42. The van der Waals surface area contributed by atoms with Gasteiger partial charge in [0.2, 0.25) is 0 Å². The summed E-state index contributed by atoms with van der Waals surface area (Å²) in [5, 5.41) is 17.0. The van der Waals surface area contributed by atoms with Gasteiger partial charge < -0.3 is 5.32 Å². The van der Waals surface area contributed by atoms with Gasteiger partial charge in [-0.15, -0.1) is 11.3 Å². The maximum atomic E-state index is 10.7. The second-order valence-corrected chi connectivity index (χ2v) is 5.01. The highest BCUT2D eigenvalue weighted by Crippen LogP contribution is 2.27. The van der Waals surface area contributed by atoms with Crippen LogP contribution >= 0.6 is 22.9 Å². The summed E-state index contributed by atoms with van der Waals surface area (Å²) in [7, 11) is 0. The Labute approximate surface area is 113 Å². The van der Waals surface area contributed by atoms with Crippen molar-refractivity contribution in [2.24, 2.45) is 0 Å². The zero-order valence-corrected chi connectivity index (χ0v) is 11.1.